The van der Waals surface area contributed by atoms with Crippen LogP contribution in [0.2, 0.25) is 0 Å². The maximum atomic E-state index is 12.0. The summed E-state index contributed by atoms with van der Waals surface area (Å²) in [6.07, 6.45) is 0.621. The number of rotatable bonds is 7. The minimum absolute atomic E-state index is 0.137. The number of aliphatic carboxylic acids is 1. The number of carboxylic acids is 1. The Morgan fingerprint density at radius 1 is 1.32 bits per heavy atom. The quantitative estimate of drug-likeness (QED) is 0.733. The summed E-state index contributed by atoms with van der Waals surface area (Å²) in [4.78, 5) is 26.1. The Morgan fingerprint density at radius 3 is 2.73 bits per heavy atom. The number of nitrogens with one attached hydrogen (secondary N) is 2. The zero-order chi connectivity index (χ0) is 16.1. The summed E-state index contributed by atoms with van der Waals surface area (Å²) >= 11 is 0. The van der Waals surface area contributed by atoms with Gasteiger partial charge in [0.25, 0.3) is 5.56 Å². The molecule has 1 unspecified atom stereocenters. The normalized spacial score (nSPS) is 12.7. The third-order valence-corrected chi connectivity index (χ3v) is 3.64. The Hall–Kier alpha value is -2.14. The van der Waals surface area contributed by atoms with Crippen molar-refractivity contribution in [2.45, 2.75) is 26.8 Å². The molecule has 118 valence electrons. The van der Waals surface area contributed by atoms with E-state index in [0.717, 1.165) is 10.9 Å². The van der Waals surface area contributed by atoms with E-state index in [2.05, 4.69) is 10.3 Å². The van der Waals surface area contributed by atoms with Crippen LogP contribution >= 0.6 is 0 Å². The van der Waals surface area contributed by atoms with Crippen molar-refractivity contribution in [3.8, 4) is 0 Å². The van der Waals surface area contributed by atoms with Crippen LogP contribution in [0, 0.1) is 11.8 Å². The highest BCUT2D eigenvalue weighted by molar-refractivity contribution is 5.78. The number of pyridine rings is 1. The summed E-state index contributed by atoms with van der Waals surface area (Å²) in [6.45, 7) is 4.73. The third-order valence-electron chi connectivity index (χ3n) is 3.64. The molecule has 1 aromatic carbocycles. The molecule has 1 heterocycles. The second kappa shape index (κ2) is 7.22. The predicted octanol–water partition coefficient (Wildman–Crippen LogP) is 2.36. The summed E-state index contributed by atoms with van der Waals surface area (Å²) < 4.78 is 0. The van der Waals surface area contributed by atoms with E-state index in [9.17, 15) is 14.7 Å². The van der Waals surface area contributed by atoms with Crippen molar-refractivity contribution < 1.29 is 9.90 Å². The first kappa shape index (κ1) is 16.2. The second-order valence-electron chi connectivity index (χ2n) is 6.01. The van der Waals surface area contributed by atoms with E-state index in [1.165, 1.54) is 0 Å². The second-order valence-corrected chi connectivity index (χ2v) is 6.01. The van der Waals surface area contributed by atoms with Gasteiger partial charge in [-0.25, -0.2) is 0 Å². The van der Waals surface area contributed by atoms with Crippen molar-refractivity contribution in [2.75, 3.05) is 6.54 Å². The number of aromatic nitrogens is 1. The predicted molar refractivity (Wildman–Crippen MR) is 86.9 cm³/mol. The number of H-pyrrole nitrogens is 1. The monoisotopic (exact) mass is 302 g/mol. The van der Waals surface area contributed by atoms with Crippen molar-refractivity contribution in [3.63, 3.8) is 0 Å². The Labute approximate surface area is 129 Å². The fourth-order valence-corrected chi connectivity index (χ4v) is 2.55. The van der Waals surface area contributed by atoms with Gasteiger partial charge in [0.05, 0.1) is 5.92 Å². The molecular weight excluding hydrogens is 280 g/mol. The molecule has 0 amide bonds. The van der Waals surface area contributed by atoms with Crippen LogP contribution in [0.4, 0.5) is 0 Å². The van der Waals surface area contributed by atoms with Crippen LogP contribution in [0.25, 0.3) is 10.9 Å². The molecule has 1 atom stereocenters. The van der Waals surface area contributed by atoms with Crippen molar-refractivity contribution in [2.24, 2.45) is 11.8 Å². The van der Waals surface area contributed by atoms with Crippen LogP contribution < -0.4 is 10.9 Å². The first-order valence-electron chi connectivity index (χ1n) is 7.52. The van der Waals surface area contributed by atoms with E-state index in [1.54, 1.807) is 0 Å². The summed E-state index contributed by atoms with van der Waals surface area (Å²) in [5.74, 6) is -0.903. The Bertz CT molecular complexity index is 706. The molecule has 0 saturated heterocycles. The van der Waals surface area contributed by atoms with E-state index in [-0.39, 0.29) is 5.56 Å². The summed E-state index contributed by atoms with van der Waals surface area (Å²) in [5, 5.41) is 13.3. The number of carboxylic acid groups (broad SMARTS) is 1. The molecule has 0 bridgehead atoms. The van der Waals surface area contributed by atoms with Gasteiger partial charge in [0.1, 0.15) is 0 Å². The molecule has 0 radical (unpaired) electrons. The maximum Gasteiger partial charge on any atom is 0.307 e. The van der Waals surface area contributed by atoms with Crippen LogP contribution in [0.5, 0.6) is 0 Å². The topological polar surface area (TPSA) is 82.2 Å². The summed E-state index contributed by atoms with van der Waals surface area (Å²) in [6, 6.07) is 9.44. The van der Waals surface area contributed by atoms with Crippen LogP contribution in [-0.2, 0) is 11.3 Å². The largest absolute Gasteiger partial charge is 0.481 e. The van der Waals surface area contributed by atoms with Crippen LogP contribution in [0.15, 0.2) is 35.1 Å². The van der Waals surface area contributed by atoms with Gasteiger partial charge in [-0.3, -0.25) is 9.59 Å². The van der Waals surface area contributed by atoms with Gasteiger partial charge in [-0.1, -0.05) is 32.0 Å². The van der Waals surface area contributed by atoms with E-state index in [4.69, 9.17) is 0 Å². The lowest BCUT2D eigenvalue weighted by Crippen LogP contribution is -2.30. The smallest absolute Gasteiger partial charge is 0.307 e. The van der Waals surface area contributed by atoms with Gasteiger partial charge in [0.2, 0.25) is 0 Å². The van der Waals surface area contributed by atoms with Crippen molar-refractivity contribution in [3.05, 3.63) is 46.2 Å². The number of hydrogen-bond acceptors (Lipinski definition) is 3. The van der Waals surface area contributed by atoms with Crippen LogP contribution in [0.3, 0.4) is 0 Å². The minimum Gasteiger partial charge on any atom is -0.481 e. The molecule has 1 aromatic heterocycles. The first-order chi connectivity index (χ1) is 10.5. The molecule has 2 aromatic rings. The van der Waals surface area contributed by atoms with Crippen LogP contribution in [0.1, 0.15) is 25.8 Å². The molecule has 0 aliphatic heterocycles. The molecule has 0 fully saturated rings. The average Bonchev–Trinajstić information content (AvgIpc) is 2.46. The molecule has 3 N–H and O–H groups in total. The molecule has 5 nitrogen and oxygen atoms in total. The van der Waals surface area contributed by atoms with Gasteiger partial charge < -0.3 is 15.4 Å². The van der Waals surface area contributed by atoms with E-state index < -0.39 is 11.9 Å². The van der Waals surface area contributed by atoms with Gasteiger partial charge >= 0.3 is 5.97 Å². The van der Waals surface area contributed by atoms with Crippen molar-refractivity contribution in [1.29, 1.82) is 0 Å². The standard InChI is InChI=1S/C17H22N2O3/c1-11(2)7-14(17(21)22)10-18-9-13-8-12-5-3-4-6-15(12)19-16(13)20/h3-6,8,11,14,18H,7,9-10H2,1-2H3,(H,19,20)(H,21,22). The lowest BCUT2D eigenvalue weighted by atomic mass is 9.97. The van der Waals surface area contributed by atoms with E-state index in [0.29, 0.717) is 31.0 Å². The van der Waals surface area contributed by atoms with Crippen molar-refractivity contribution in [1.82, 2.24) is 10.3 Å². The highest BCUT2D eigenvalue weighted by Gasteiger charge is 2.18. The fourth-order valence-electron chi connectivity index (χ4n) is 2.55. The molecule has 2 rings (SSSR count). The van der Waals surface area contributed by atoms with Gasteiger partial charge in [0, 0.05) is 24.2 Å². The minimum atomic E-state index is -0.798. The Kier molecular flexibility index (Phi) is 5.33. The third kappa shape index (κ3) is 4.18. The number of fused-ring (bicyclic) bond motifs is 1. The van der Waals surface area contributed by atoms with Gasteiger partial charge in [0.15, 0.2) is 0 Å². The zero-order valence-electron chi connectivity index (χ0n) is 12.9. The molecule has 0 saturated carbocycles. The molecule has 0 spiro atoms. The highest BCUT2D eigenvalue weighted by Crippen LogP contribution is 2.12. The number of hydrogen-bond donors (Lipinski definition) is 3. The Balaban J connectivity index is 2.03. The average molecular weight is 302 g/mol. The van der Waals surface area contributed by atoms with Crippen LogP contribution in [-0.4, -0.2) is 22.6 Å². The number of benzene rings is 1. The molecular formula is C17H22N2O3. The SMILES string of the molecule is CC(C)CC(CNCc1cc2ccccc2[nH]c1=O)C(=O)O. The first-order valence-corrected chi connectivity index (χ1v) is 7.52. The lowest BCUT2D eigenvalue weighted by molar-refractivity contribution is -0.142. The van der Waals surface area contributed by atoms with E-state index in [1.807, 2.05) is 44.2 Å². The summed E-state index contributed by atoms with van der Waals surface area (Å²) in [7, 11) is 0. The highest BCUT2D eigenvalue weighted by atomic mass is 16.4. The maximum absolute atomic E-state index is 12.0. The number of para-hydroxylation sites is 1. The zero-order valence-corrected chi connectivity index (χ0v) is 12.9. The Morgan fingerprint density at radius 2 is 2.05 bits per heavy atom. The number of aromatic amines is 1. The van der Waals surface area contributed by atoms with Crippen molar-refractivity contribution >= 4 is 16.9 Å². The lowest BCUT2D eigenvalue weighted by Gasteiger charge is -2.15. The van der Waals surface area contributed by atoms with Gasteiger partial charge in [-0.15, -0.1) is 0 Å². The fraction of sp³-hybridized carbons (Fsp3) is 0.412. The van der Waals surface area contributed by atoms with E-state index >= 15 is 0 Å². The molecule has 0 aliphatic rings. The molecule has 22 heavy (non-hydrogen) atoms. The molecule has 5 heteroatoms. The van der Waals surface area contributed by atoms with Gasteiger partial charge in [-0.2, -0.15) is 0 Å². The van der Waals surface area contributed by atoms with Gasteiger partial charge in [-0.05, 0) is 29.9 Å². The number of carbonyl (C=O) groups is 1. The summed E-state index contributed by atoms with van der Waals surface area (Å²) in [5.41, 5.74) is 1.29. The molecule has 0 aliphatic carbocycles.